The Morgan fingerprint density at radius 3 is 2.84 bits per heavy atom. The van der Waals surface area contributed by atoms with E-state index in [1.807, 2.05) is 0 Å². The van der Waals surface area contributed by atoms with E-state index in [0.717, 1.165) is 48.3 Å². The lowest BCUT2D eigenvalue weighted by atomic mass is 10.2. The number of nitrogens with zero attached hydrogens (tertiary/aromatic N) is 2. The Kier molecular flexibility index (Phi) is 5.39. The van der Waals surface area contributed by atoms with Gasteiger partial charge in [-0.25, -0.2) is 9.97 Å². The minimum absolute atomic E-state index is 0.371. The van der Waals surface area contributed by atoms with Crippen LogP contribution in [0.3, 0.4) is 0 Å². The van der Waals surface area contributed by atoms with Gasteiger partial charge >= 0.3 is 0 Å². The molecule has 2 N–H and O–H groups in total. The molecule has 1 aliphatic rings. The third-order valence-corrected chi connectivity index (χ3v) is 4.14. The van der Waals surface area contributed by atoms with Gasteiger partial charge in [0.15, 0.2) is 0 Å². The van der Waals surface area contributed by atoms with Crippen LogP contribution in [0, 0.1) is 0 Å². The monoisotopic (exact) mass is 328 g/mol. The molecule has 106 valence electrons. The minimum Gasteiger partial charge on any atom is -0.381 e. The predicted octanol–water partition coefficient (Wildman–Crippen LogP) is 3.04. The lowest BCUT2D eigenvalue weighted by molar-refractivity contribution is 0.108. The van der Waals surface area contributed by atoms with Gasteiger partial charge in [0.05, 0.1) is 6.10 Å². The average molecular weight is 329 g/mol. The van der Waals surface area contributed by atoms with E-state index in [-0.39, 0.29) is 0 Å². The number of hydrogen-bond acceptors (Lipinski definition) is 5. The van der Waals surface area contributed by atoms with E-state index in [2.05, 4.69) is 43.5 Å². The summed E-state index contributed by atoms with van der Waals surface area (Å²) in [5, 5.41) is 6.76. The third kappa shape index (κ3) is 3.79. The summed E-state index contributed by atoms with van der Waals surface area (Å²) < 4.78 is 6.30. The summed E-state index contributed by atoms with van der Waals surface area (Å²) in [5.41, 5.74) is 0. The first-order valence-electron chi connectivity index (χ1n) is 6.78. The van der Waals surface area contributed by atoms with Crippen molar-refractivity contribution in [3.8, 4) is 0 Å². The van der Waals surface area contributed by atoms with Gasteiger partial charge in [0.1, 0.15) is 22.4 Å². The van der Waals surface area contributed by atoms with Gasteiger partial charge in [0.25, 0.3) is 0 Å². The molecule has 0 amide bonds. The van der Waals surface area contributed by atoms with Crippen LogP contribution < -0.4 is 10.6 Å². The highest BCUT2D eigenvalue weighted by Crippen LogP contribution is 2.30. The zero-order valence-electron chi connectivity index (χ0n) is 11.4. The summed E-state index contributed by atoms with van der Waals surface area (Å²) in [6, 6.07) is 0.426. The number of halogens is 1. The van der Waals surface area contributed by atoms with Crippen LogP contribution in [0.15, 0.2) is 10.8 Å². The molecular formula is C13H21BrN4O. The van der Waals surface area contributed by atoms with Crippen LogP contribution in [0.4, 0.5) is 11.6 Å². The van der Waals surface area contributed by atoms with Crippen molar-refractivity contribution >= 4 is 27.6 Å². The van der Waals surface area contributed by atoms with E-state index < -0.39 is 0 Å². The highest BCUT2D eigenvalue weighted by Gasteiger charge is 2.25. The second-order valence-electron chi connectivity index (χ2n) is 4.82. The van der Waals surface area contributed by atoms with Crippen molar-refractivity contribution in [2.75, 3.05) is 24.3 Å². The maximum Gasteiger partial charge on any atom is 0.146 e. The van der Waals surface area contributed by atoms with Gasteiger partial charge in [0.2, 0.25) is 0 Å². The molecule has 1 fully saturated rings. The highest BCUT2D eigenvalue weighted by atomic mass is 79.9. The molecule has 2 rings (SSSR count). The SMILES string of the molecule is CCCNc1ncnc(NC2CCC(OC)C2)c1Br. The van der Waals surface area contributed by atoms with Gasteiger partial charge in [-0.15, -0.1) is 0 Å². The summed E-state index contributed by atoms with van der Waals surface area (Å²) >= 11 is 3.57. The standard InChI is InChI=1S/C13H21BrN4O/c1-3-6-15-12-11(14)13(17-8-16-12)18-9-4-5-10(7-9)19-2/h8-10H,3-7H2,1-2H3,(H2,15,16,17,18). The first kappa shape index (κ1) is 14.5. The van der Waals surface area contributed by atoms with Crippen molar-refractivity contribution in [3.63, 3.8) is 0 Å². The summed E-state index contributed by atoms with van der Waals surface area (Å²) in [5.74, 6) is 1.70. The van der Waals surface area contributed by atoms with Gasteiger partial charge in [-0.05, 0) is 41.6 Å². The lowest BCUT2D eigenvalue weighted by Crippen LogP contribution is -2.19. The number of methoxy groups -OCH3 is 1. The average Bonchev–Trinajstić information content (AvgIpc) is 2.87. The fraction of sp³-hybridized carbons (Fsp3) is 0.692. The zero-order valence-corrected chi connectivity index (χ0v) is 13.0. The van der Waals surface area contributed by atoms with Crippen LogP contribution in [-0.4, -0.2) is 35.8 Å². The molecule has 19 heavy (non-hydrogen) atoms. The minimum atomic E-state index is 0.371. The van der Waals surface area contributed by atoms with Crippen molar-refractivity contribution in [1.29, 1.82) is 0 Å². The van der Waals surface area contributed by atoms with E-state index in [1.165, 1.54) is 0 Å². The predicted molar refractivity (Wildman–Crippen MR) is 80.6 cm³/mol. The Hall–Kier alpha value is -0.880. The largest absolute Gasteiger partial charge is 0.381 e. The summed E-state index contributed by atoms with van der Waals surface area (Å²) in [6.45, 7) is 3.04. The van der Waals surface area contributed by atoms with Crippen LogP contribution >= 0.6 is 15.9 Å². The smallest absolute Gasteiger partial charge is 0.146 e. The molecular weight excluding hydrogens is 308 g/mol. The molecule has 1 heterocycles. The normalized spacial score (nSPS) is 22.5. The first-order valence-corrected chi connectivity index (χ1v) is 7.57. The lowest BCUT2D eigenvalue weighted by Gasteiger charge is -2.16. The van der Waals surface area contributed by atoms with Crippen LogP contribution in [0.25, 0.3) is 0 Å². The van der Waals surface area contributed by atoms with Crippen LogP contribution in [0.2, 0.25) is 0 Å². The fourth-order valence-corrected chi connectivity index (χ4v) is 2.78. The molecule has 6 heteroatoms. The van der Waals surface area contributed by atoms with E-state index >= 15 is 0 Å². The second-order valence-corrected chi connectivity index (χ2v) is 5.62. The molecule has 1 aromatic heterocycles. The second kappa shape index (κ2) is 7.05. The van der Waals surface area contributed by atoms with Gasteiger partial charge in [-0.1, -0.05) is 6.92 Å². The molecule has 5 nitrogen and oxygen atoms in total. The van der Waals surface area contributed by atoms with Crippen LogP contribution in [0.5, 0.6) is 0 Å². The molecule has 0 bridgehead atoms. The Morgan fingerprint density at radius 2 is 2.16 bits per heavy atom. The van der Waals surface area contributed by atoms with Crippen LogP contribution in [-0.2, 0) is 4.74 Å². The number of nitrogens with one attached hydrogen (secondary N) is 2. The van der Waals surface area contributed by atoms with E-state index in [4.69, 9.17) is 4.74 Å². The number of hydrogen-bond donors (Lipinski definition) is 2. The molecule has 0 saturated heterocycles. The summed E-state index contributed by atoms with van der Waals surface area (Å²) in [7, 11) is 1.78. The van der Waals surface area contributed by atoms with Crippen molar-refractivity contribution in [2.45, 2.75) is 44.8 Å². The Labute approximate surface area is 122 Å². The van der Waals surface area contributed by atoms with Crippen LogP contribution in [0.1, 0.15) is 32.6 Å². The zero-order chi connectivity index (χ0) is 13.7. The van der Waals surface area contributed by atoms with Gasteiger partial charge < -0.3 is 15.4 Å². The quantitative estimate of drug-likeness (QED) is 0.840. The number of aromatic nitrogens is 2. The van der Waals surface area contributed by atoms with Crippen molar-refractivity contribution in [3.05, 3.63) is 10.8 Å². The number of rotatable bonds is 6. The fourth-order valence-electron chi connectivity index (χ4n) is 2.32. The maximum absolute atomic E-state index is 5.39. The van der Waals surface area contributed by atoms with Gasteiger partial charge in [0, 0.05) is 19.7 Å². The van der Waals surface area contributed by atoms with Crippen molar-refractivity contribution < 1.29 is 4.74 Å². The van der Waals surface area contributed by atoms with Gasteiger partial charge in [-0.3, -0.25) is 0 Å². The van der Waals surface area contributed by atoms with Crippen molar-refractivity contribution in [2.24, 2.45) is 0 Å². The maximum atomic E-state index is 5.39. The van der Waals surface area contributed by atoms with E-state index in [0.29, 0.717) is 12.1 Å². The molecule has 0 aliphatic heterocycles. The molecule has 0 aromatic carbocycles. The Bertz CT molecular complexity index is 416. The Balaban J connectivity index is 2.00. The summed E-state index contributed by atoms with van der Waals surface area (Å²) in [6.07, 6.45) is 6.29. The third-order valence-electron chi connectivity index (χ3n) is 3.39. The summed E-state index contributed by atoms with van der Waals surface area (Å²) in [4.78, 5) is 8.56. The topological polar surface area (TPSA) is 59.1 Å². The molecule has 1 aliphatic carbocycles. The number of ether oxygens (including phenoxy) is 1. The molecule has 2 atom stereocenters. The van der Waals surface area contributed by atoms with E-state index in [9.17, 15) is 0 Å². The molecule has 2 unspecified atom stereocenters. The Morgan fingerprint density at radius 1 is 1.37 bits per heavy atom. The first-order chi connectivity index (χ1) is 9.24. The molecule has 0 spiro atoms. The highest BCUT2D eigenvalue weighted by molar-refractivity contribution is 9.10. The molecule has 0 radical (unpaired) electrons. The van der Waals surface area contributed by atoms with Crippen molar-refractivity contribution in [1.82, 2.24) is 9.97 Å². The molecule has 1 saturated carbocycles. The van der Waals surface area contributed by atoms with Gasteiger partial charge in [-0.2, -0.15) is 0 Å². The molecule has 1 aromatic rings. The number of anilines is 2. The van der Waals surface area contributed by atoms with E-state index in [1.54, 1.807) is 13.4 Å².